The topological polar surface area (TPSA) is 9.23 Å². The molecule has 2 rings (SSSR count). The van der Waals surface area contributed by atoms with Crippen LogP contribution < -0.4 is 0 Å². The monoisotopic (exact) mass is 168 g/mol. The fraction of sp³-hybridized carbons (Fsp3) is 1.00. The zero-order chi connectivity index (χ0) is 8.93. The Morgan fingerprint density at radius 3 is 2.33 bits per heavy atom. The van der Waals surface area contributed by atoms with Crippen molar-refractivity contribution in [3.8, 4) is 0 Å². The van der Waals surface area contributed by atoms with Gasteiger partial charge in [-0.15, -0.1) is 0 Å². The molecule has 12 heavy (non-hydrogen) atoms. The van der Waals surface area contributed by atoms with Gasteiger partial charge >= 0.3 is 0 Å². The molecule has 0 amide bonds. The summed E-state index contributed by atoms with van der Waals surface area (Å²) in [6.45, 7) is 9.27. The Balaban J connectivity index is 2.28. The molecule has 5 atom stereocenters. The summed E-state index contributed by atoms with van der Waals surface area (Å²) in [6.07, 6.45) is 2.99. The number of ether oxygens (including phenoxy) is 1. The van der Waals surface area contributed by atoms with Gasteiger partial charge in [0.25, 0.3) is 0 Å². The highest BCUT2D eigenvalue weighted by molar-refractivity contribution is 5.06. The second-order valence-electron chi connectivity index (χ2n) is 4.79. The molecule has 1 saturated heterocycles. The molecule has 1 heteroatoms. The maximum Gasteiger partial charge on any atom is 0.0715 e. The van der Waals surface area contributed by atoms with E-state index in [1.165, 1.54) is 12.8 Å². The standard InChI is InChI=1S/C11H20O/c1-5-11-6-7(2)10(8(11)3)9(4)12-11/h7-10H,5-6H2,1-4H3. The van der Waals surface area contributed by atoms with Crippen LogP contribution in [0.3, 0.4) is 0 Å². The molecule has 0 spiro atoms. The summed E-state index contributed by atoms with van der Waals surface area (Å²) in [5.74, 6) is 2.49. The Morgan fingerprint density at radius 1 is 1.33 bits per heavy atom. The van der Waals surface area contributed by atoms with Crippen molar-refractivity contribution >= 4 is 0 Å². The van der Waals surface area contributed by atoms with E-state index in [1.807, 2.05) is 0 Å². The van der Waals surface area contributed by atoms with Gasteiger partial charge in [0.1, 0.15) is 0 Å². The molecule has 1 aliphatic carbocycles. The van der Waals surface area contributed by atoms with E-state index in [2.05, 4.69) is 27.7 Å². The average molecular weight is 168 g/mol. The van der Waals surface area contributed by atoms with Gasteiger partial charge in [-0.3, -0.25) is 0 Å². The van der Waals surface area contributed by atoms with Crippen LogP contribution in [0.25, 0.3) is 0 Å². The van der Waals surface area contributed by atoms with Crippen LogP contribution in [0.2, 0.25) is 0 Å². The molecule has 2 bridgehead atoms. The fourth-order valence-corrected chi connectivity index (χ4v) is 3.73. The molecule has 2 fully saturated rings. The van der Waals surface area contributed by atoms with Crippen molar-refractivity contribution in [1.82, 2.24) is 0 Å². The van der Waals surface area contributed by atoms with E-state index in [0.29, 0.717) is 6.10 Å². The van der Waals surface area contributed by atoms with Crippen LogP contribution in [0, 0.1) is 17.8 Å². The first-order valence-corrected chi connectivity index (χ1v) is 5.28. The van der Waals surface area contributed by atoms with Crippen molar-refractivity contribution in [1.29, 1.82) is 0 Å². The molecule has 1 heterocycles. The Labute approximate surface area is 75.5 Å². The number of fused-ring (bicyclic) bond motifs is 2. The van der Waals surface area contributed by atoms with E-state index >= 15 is 0 Å². The summed E-state index contributed by atoms with van der Waals surface area (Å²) >= 11 is 0. The molecular weight excluding hydrogens is 148 g/mol. The molecule has 1 saturated carbocycles. The minimum atomic E-state index is 0.253. The van der Waals surface area contributed by atoms with Gasteiger partial charge in [-0.25, -0.2) is 0 Å². The third kappa shape index (κ3) is 0.834. The van der Waals surface area contributed by atoms with Crippen molar-refractivity contribution in [2.75, 3.05) is 0 Å². The largest absolute Gasteiger partial charge is 0.371 e. The first-order valence-electron chi connectivity index (χ1n) is 5.28. The molecule has 1 nitrogen and oxygen atoms in total. The third-order valence-electron chi connectivity index (χ3n) is 4.29. The summed E-state index contributed by atoms with van der Waals surface area (Å²) in [7, 11) is 0. The third-order valence-corrected chi connectivity index (χ3v) is 4.29. The minimum Gasteiger partial charge on any atom is -0.371 e. The highest BCUT2D eigenvalue weighted by Crippen LogP contribution is 2.56. The quantitative estimate of drug-likeness (QED) is 0.585. The van der Waals surface area contributed by atoms with Crippen LogP contribution in [0.4, 0.5) is 0 Å². The van der Waals surface area contributed by atoms with Gasteiger partial charge < -0.3 is 4.74 Å². The van der Waals surface area contributed by atoms with Gasteiger partial charge in [-0.05, 0) is 37.5 Å². The summed E-state index contributed by atoms with van der Waals surface area (Å²) in [5, 5.41) is 0. The van der Waals surface area contributed by atoms with Crippen LogP contribution in [0.1, 0.15) is 40.5 Å². The Bertz CT molecular complexity index is 175. The SMILES string of the molecule is CCC12CC(C)C(C(C)O1)C2C. The fourth-order valence-electron chi connectivity index (χ4n) is 3.73. The molecule has 2 aliphatic rings. The van der Waals surface area contributed by atoms with E-state index in [0.717, 1.165) is 17.8 Å². The first-order chi connectivity index (χ1) is 5.60. The molecule has 5 unspecified atom stereocenters. The van der Waals surface area contributed by atoms with Crippen LogP contribution in [0.5, 0.6) is 0 Å². The van der Waals surface area contributed by atoms with Gasteiger partial charge in [0.2, 0.25) is 0 Å². The van der Waals surface area contributed by atoms with E-state index in [1.54, 1.807) is 0 Å². The minimum absolute atomic E-state index is 0.253. The smallest absolute Gasteiger partial charge is 0.0715 e. The number of hydrogen-bond acceptors (Lipinski definition) is 1. The highest BCUT2D eigenvalue weighted by Gasteiger charge is 2.58. The molecule has 0 aromatic carbocycles. The van der Waals surface area contributed by atoms with Crippen molar-refractivity contribution in [2.45, 2.75) is 52.2 Å². The van der Waals surface area contributed by atoms with Gasteiger partial charge in [0.15, 0.2) is 0 Å². The predicted molar refractivity (Wildman–Crippen MR) is 50.0 cm³/mol. The predicted octanol–water partition coefficient (Wildman–Crippen LogP) is 2.85. The molecule has 70 valence electrons. The lowest BCUT2D eigenvalue weighted by molar-refractivity contribution is -0.0840. The molecule has 0 radical (unpaired) electrons. The number of rotatable bonds is 1. The highest BCUT2D eigenvalue weighted by atomic mass is 16.5. The average Bonchev–Trinajstić information content (AvgIpc) is 2.37. The van der Waals surface area contributed by atoms with E-state index in [9.17, 15) is 0 Å². The van der Waals surface area contributed by atoms with Crippen LogP contribution in [0.15, 0.2) is 0 Å². The second-order valence-corrected chi connectivity index (χ2v) is 4.79. The lowest BCUT2D eigenvalue weighted by Gasteiger charge is -2.32. The first kappa shape index (κ1) is 8.55. The zero-order valence-corrected chi connectivity index (χ0v) is 8.63. The molecule has 1 aliphatic heterocycles. The summed E-state index contributed by atoms with van der Waals surface area (Å²) in [4.78, 5) is 0. The van der Waals surface area contributed by atoms with Gasteiger partial charge in [0.05, 0.1) is 11.7 Å². The van der Waals surface area contributed by atoms with Crippen LogP contribution in [-0.4, -0.2) is 11.7 Å². The summed E-state index contributed by atoms with van der Waals surface area (Å²) < 4.78 is 6.08. The van der Waals surface area contributed by atoms with Crippen LogP contribution >= 0.6 is 0 Å². The molecule has 0 aromatic rings. The van der Waals surface area contributed by atoms with E-state index in [-0.39, 0.29) is 5.60 Å². The number of hydrogen-bond donors (Lipinski definition) is 0. The zero-order valence-electron chi connectivity index (χ0n) is 8.63. The molecule has 0 N–H and O–H groups in total. The van der Waals surface area contributed by atoms with Crippen molar-refractivity contribution in [3.05, 3.63) is 0 Å². The Hall–Kier alpha value is -0.0400. The maximum atomic E-state index is 6.08. The second kappa shape index (κ2) is 2.47. The van der Waals surface area contributed by atoms with E-state index in [4.69, 9.17) is 4.74 Å². The van der Waals surface area contributed by atoms with Gasteiger partial charge in [-0.2, -0.15) is 0 Å². The van der Waals surface area contributed by atoms with Crippen molar-refractivity contribution in [2.24, 2.45) is 17.8 Å². The van der Waals surface area contributed by atoms with E-state index < -0.39 is 0 Å². The summed E-state index contributed by atoms with van der Waals surface area (Å²) in [6, 6.07) is 0. The normalized spacial score (nSPS) is 58.0. The maximum absolute atomic E-state index is 6.08. The van der Waals surface area contributed by atoms with Crippen molar-refractivity contribution < 1.29 is 4.74 Å². The lowest BCUT2D eigenvalue weighted by atomic mass is 9.86. The Kier molecular flexibility index (Phi) is 1.76. The van der Waals surface area contributed by atoms with Crippen molar-refractivity contribution in [3.63, 3.8) is 0 Å². The summed E-state index contributed by atoms with van der Waals surface area (Å²) in [5.41, 5.74) is 0.253. The lowest BCUT2D eigenvalue weighted by Crippen LogP contribution is -2.33. The van der Waals surface area contributed by atoms with Gasteiger partial charge in [-0.1, -0.05) is 20.8 Å². The molecule has 0 aromatic heterocycles. The molecular formula is C11H20O. The van der Waals surface area contributed by atoms with Gasteiger partial charge in [0, 0.05) is 0 Å². The Morgan fingerprint density at radius 2 is 2.00 bits per heavy atom. The van der Waals surface area contributed by atoms with Crippen LogP contribution in [-0.2, 0) is 4.74 Å².